The molecule has 1 unspecified atom stereocenters. The van der Waals surface area contributed by atoms with Crippen molar-refractivity contribution in [2.75, 3.05) is 11.9 Å². The van der Waals surface area contributed by atoms with Gasteiger partial charge in [-0.2, -0.15) is 0 Å². The molecule has 1 aromatic heterocycles. The summed E-state index contributed by atoms with van der Waals surface area (Å²) in [5.74, 6) is 0. The SMILES string of the molecule is CC(COC(N)=O)Nc1c(Cl)cncc1Cl. The first-order valence-corrected chi connectivity index (χ1v) is 5.24. The van der Waals surface area contributed by atoms with Crippen molar-refractivity contribution in [3.63, 3.8) is 0 Å². The molecule has 1 aromatic rings. The van der Waals surface area contributed by atoms with Crippen molar-refractivity contribution >= 4 is 35.0 Å². The predicted molar refractivity (Wildman–Crippen MR) is 62.9 cm³/mol. The number of rotatable bonds is 4. The van der Waals surface area contributed by atoms with E-state index in [1.165, 1.54) is 12.4 Å². The molecule has 0 aliphatic heterocycles. The number of primary amides is 1. The Balaban J connectivity index is 2.62. The van der Waals surface area contributed by atoms with Gasteiger partial charge in [0, 0.05) is 12.4 Å². The van der Waals surface area contributed by atoms with E-state index >= 15 is 0 Å². The van der Waals surface area contributed by atoms with Gasteiger partial charge in [-0.15, -0.1) is 0 Å². The number of amides is 1. The maximum atomic E-state index is 10.4. The summed E-state index contributed by atoms with van der Waals surface area (Å²) in [7, 11) is 0. The lowest BCUT2D eigenvalue weighted by atomic mass is 10.3. The largest absolute Gasteiger partial charge is 0.448 e. The van der Waals surface area contributed by atoms with E-state index in [4.69, 9.17) is 28.9 Å². The van der Waals surface area contributed by atoms with Crippen molar-refractivity contribution in [3.8, 4) is 0 Å². The lowest BCUT2D eigenvalue weighted by Gasteiger charge is -2.16. The van der Waals surface area contributed by atoms with Gasteiger partial charge in [-0.1, -0.05) is 23.2 Å². The quantitative estimate of drug-likeness (QED) is 0.874. The van der Waals surface area contributed by atoms with Crippen LogP contribution < -0.4 is 11.1 Å². The van der Waals surface area contributed by atoms with Crippen LogP contribution in [0.3, 0.4) is 0 Å². The average Bonchev–Trinajstić information content (AvgIpc) is 2.21. The van der Waals surface area contributed by atoms with Crippen LogP contribution in [0.1, 0.15) is 6.92 Å². The van der Waals surface area contributed by atoms with Gasteiger partial charge in [0.2, 0.25) is 0 Å². The maximum Gasteiger partial charge on any atom is 0.404 e. The zero-order valence-corrected chi connectivity index (χ0v) is 10.0. The molecule has 16 heavy (non-hydrogen) atoms. The molecule has 3 N–H and O–H groups in total. The minimum absolute atomic E-state index is 0.129. The highest BCUT2D eigenvalue weighted by molar-refractivity contribution is 6.38. The molecule has 0 saturated heterocycles. The van der Waals surface area contributed by atoms with Crippen molar-refractivity contribution in [2.45, 2.75) is 13.0 Å². The molecule has 1 atom stereocenters. The second-order valence-electron chi connectivity index (χ2n) is 3.15. The number of hydrogen-bond acceptors (Lipinski definition) is 4. The second kappa shape index (κ2) is 5.77. The highest BCUT2D eigenvalue weighted by Gasteiger charge is 2.10. The number of aromatic nitrogens is 1. The Morgan fingerprint density at radius 1 is 1.56 bits per heavy atom. The van der Waals surface area contributed by atoms with E-state index < -0.39 is 6.09 Å². The third-order valence-electron chi connectivity index (χ3n) is 1.72. The monoisotopic (exact) mass is 263 g/mol. The number of hydrogen-bond donors (Lipinski definition) is 2. The predicted octanol–water partition coefficient (Wildman–Crippen LogP) is 2.28. The smallest absolute Gasteiger partial charge is 0.404 e. The minimum Gasteiger partial charge on any atom is -0.448 e. The van der Waals surface area contributed by atoms with Crippen molar-refractivity contribution in [1.82, 2.24) is 4.98 Å². The Bertz CT molecular complexity index is 367. The zero-order valence-electron chi connectivity index (χ0n) is 8.54. The van der Waals surface area contributed by atoms with E-state index in [-0.39, 0.29) is 12.6 Å². The van der Waals surface area contributed by atoms with Crippen LogP contribution in [0.15, 0.2) is 12.4 Å². The van der Waals surface area contributed by atoms with Crippen LogP contribution in [0, 0.1) is 0 Å². The maximum absolute atomic E-state index is 10.4. The molecule has 0 bridgehead atoms. The molecule has 1 heterocycles. The van der Waals surface area contributed by atoms with Crippen molar-refractivity contribution in [2.24, 2.45) is 5.73 Å². The average molecular weight is 264 g/mol. The Labute approximate surface area is 103 Å². The summed E-state index contributed by atoms with van der Waals surface area (Å²) in [6, 6.07) is -0.162. The molecule has 0 saturated carbocycles. The fourth-order valence-electron chi connectivity index (χ4n) is 1.04. The van der Waals surface area contributed by atoms with Gasteiger partial charge in [-0.3, -0.25) is 4.98 Å². The van der Waals surface area contributed by atoms with E-state index in [2.05, 4.69) is 15.0 Å². The number of anilines is 1. The number of nitrogens with two attached hydrogens (primary N) is 1. The lowest BCUT2D eigenvalue weighted by molar-refractivity contribution is 0.153. The molecule has 0 fully saturated rings. The normalized spacial score (nSPS) is 11.9. The number of carbonyl (C=O) groups is 1. The van der Waals surface area contributed by atoms with Gasteiger partial charge >= 0.3 is 6.09 Å². The van der Waals surface area contributed by atoms with Gasteiger partial charge in [0.05, 0.1) is 21.8 Å². The molecule has 7 heteroatoms. The summed E-state index contributed by atoms with van der Waals surface area (Å²) in [4.78, 5) is 14.2. The van der Waals surface area contributed by atoms with Crippen molar-refractivity contribution in [1.29, 1.82) is 0 Å². The molecule has 88 valence electrons. The molecule has 5 nitrogen and oxygen atoms in total. The molecule has 0 aromatic carbocycles. The summed E-state index contributed by atoms with van der Waals surface area (Å²) in [5.41, 5.74) is 5.40. The van der Waals surface area contributed by atoms with Crippen molar-refractivity contribution in [3.05, 3.63) is 22.4 Å². The number of ether oxygens (including phenoxy) is 1. The highest BCUT2D eigenvalue weighted by Crippen LogP contribution is 2.29. The van der Waals surface area contributed by atoms with Crippen LogP contribution in [0.5, 0.6) is 0 Å². The number of nitrogens with one attached hydrogen (secondary N) is 1. The zero-order chi connectivity index (χ0) is 12.1. The van der Waals surface area contributed by atoms with Crippen LogP contribution in [0.4, 0.5) is 10.5 Å². The molecule has 1 amide bonds. The van der Waals surface area contributed by atoms with Crippen LogP contribution in [-0.4, -0.2) is 23.7 Å². The van der Waals surface area contributed by atoms with E-state index in [1.807, 2.05) is 0 Å². The Morgan fingerprint density at radius 2 is 2.12 bits per heavy atom. The van der Waals surface area contributed by atoms with Gasteiger partial charge in [0.1, 0.15) is 6.61 Å². The number of carbonyl (C=O) groups excluding carboxylic acids is 1. The van der Waals surface area contributed by atoms with Crippen LogP contribution in [-0.2, 0) is 4.74 Å². The fraction of sp³-hybridized carbons (Fsp3) is 0.333. The summed E-state index contributed by atoms with van der Waals surface area (Å²) in [5, 5.41) is 3.80. The minimum atomic E-state index is -0.819. The van der Waals surface area contributed by atoms with E-state index in [0.29, 0.717) is 15.7 Å². The van der Waals surface area contributed by atoms with Gasteiger partial charge in [-0.25, -0.2) is 4.79 Å². The molecule has 0 aliphatic carbocycles. The Hall–Kier alpha value is -1.20. The van der Waals surface area contributed by atoms with E-state index in [1.54, 1.807) is 6.92 Å². The van der Waals surface area contributed by atoms with E-state index in [9.17, 15) is 4.79 Å². The van der Waals surface area contributed by atoms with Gasteiger partial charge < -0.3 is 15.8 Å². The topological polar surface area (TPSA) is 77.2 Å². The van der Waals surface area contributed by atoms with Crippen LogP contribution >= 0.6 is 23.2 Å². The molecule has 0 aliphatic rings. The van der Waals surface area contributed by atoms with Gasteiger partial charge in [0.25, 0.3) is 0 Å². The number of pyridine rings is 1. The molecular weight excluding hydrogens is 253 g/mol. The van der Waals surface area contributed by atoms with Gasteiger partial charge in [-0.05, 0) is 6.92 Å². The first kappa shape index (κ1) is 12.9. The lowest BCUT2D eigenvalue weighted by Crippen LogP contribution is -2.26. The second-order valence-corrected chi connectivity index (χ2v) is 3.97. The van der Waals surface area contributed by atoms with Crippen LogP contribution in [0.25, 0.3) is 0 Å². The molecule has 0 spiro atoms. The first-order valence-electron chi connectivity index (χ1n) is 4.48. The van der Waals surface area contributed by atoms with Crippen LogP contribution in [0.2, 0.25) is 10.0 Å². The Morgan fingerprint density at radius 3 is 2.62 bits per heavy atom. The number of halogens is 2. The summed E-state index contributed by atoms with van der Waals surface area (Å²) < 4.78 is 4.63. The standard InChI is InChI=1S/C9H11Cl2N3O2/c1-5(4-16-9(12)15)14-8-6(10)2-13-3-7(8)11/h2-3,5H,4H2,1H3,(H2,12,15)(H,13,14). The Kier molecular flexibility index (Phi) is 4.64. The summed E-state index contributed by atoms with van der Waals surface area (Å²) in [6.45, 7) is 1.93. The third kappa shape index (κ3) is 3.75. The molecule has 1 rings (SSSR count). The van der Waals surface area contributed by atoms with Gasteiger partial charge in [0.15, 0.2) is 0 Å². The first-order chi connectivity index (χ1) is 7.50. The van der Waals surface area contributed by atoms with Crippen molar-refractivity contribution < 1.29 is 9.53 Å². The summed E-state index contributed by atoms with van der Waals surface area (Å²) >= 11 is 11.8. The highest BCUT2D eigenvalue weighted by atomic mass is 35.5. The third-order valence-corrected chi connectivity index (χ3v) is 2.29. The summed E-state index contributed by atoms with van der Waals surface area (Å²) in [6.07, 6.45) is 2.12. The van der Waals surface area contributed by atoms with E-state index in [0.717, 1.165) is 0 Å². The fourth-order valence-corrected chi connectivity index (χ4v) is 1.52. The molecule has 0 radical (unpaired) electrons. The molecular formula is C9H11Cl2N3O2. The number of nitrogens with zero attached hydrogens (tertiary/aromatic N) is 1.